The Labute approximate surface area is 65.4 Å². The molecule has 2 rings (SSSR count). The molecule has 60 valence electrons. The minimum absolute atomic E-state index is 0.507. The summed E-state index contributed by atoms with van der Waals surface area (Å²) in [5.41, 5.74) is 5.45. The second-order valence-electron chi connectivity index (χ2n) is 3.03. The highest BCUT2D eigenvalue weighted by atomic mass is 15.5. The summed E-state index contributed by atoms with van der Waals surface area (Å²) in [7, 11) is 0. The lowest BCUT2D eigenvalue weighted by molar-refractivity contribution is 0.414. The molecular weight excluding hydrogens is 140 g/mol. The maximum absolute atomic E-state index is 5.45. The van der Waals surface area contributed by atoms with Gasteiger partial charge in [-0.15, -0.1) is 5.10 Å². The number of nitrogens with zero attached hydrogens (tertiary/aromatic N) is 3. The van der Waals surface area contributed by atoms with Gasteiger partial charge >= 0.3 is 0 Å². The van der Waals surface area contributed by atoms with Crippen LogP contribution in [0.1, 0.15) is 31.7 Å². The molecule has 0 bridgehead atoms. The Bertz CT molecular complexity index is 236. The molecule has 1 aliphatic carbocycles. The van der Waals surface area contributed by atoms with E-state index in [9.17, 15) is 0 Å². The number of hydrogen-bond donors (Lipinski definition) is 1. The lowest BCUT2D eigenvalue weighted by atomic mass is 10.3. The van der Waals surface area contributed by atoms with Crippen molar-refractivity contribution in [1.29, 1.82) is 0 Å². The smallest absolute Gasteiger partial charge is 0.165 e. The van der Waals surface area contributed by atoms with Gasteiger partial charge in [-0.3, -0.25) is 0 Å². The number of hydrogen-bond acceptors (Lipinski definition) is 3. The molecule has 1 heterocycles. The van der Waals surface area contributed by atoms with Crippen LogP contribution in [0.25, 0.3) is 0 Å². The average Bonchev–Trinajstić information content (AvgIpc) is 2.55. The molecule has 0 aromatic carbocycles. The molecule has 1 aliphatic rings. The Hall–Kier alpha value is -1.06. The van der Waals surface area contributed by atoms with E-state index in [4.69, 9.17) is 5.73 Å². The first-order valence-corrected chi connectivity index (χ1v) is 4.03. The van der Waals surface area contributed by atoms with Crippen LogP contribution in [-0.4, -0.2) is 15.0 Å². The topological polar surface area (TPSA) is 56.7 Å². The molecule has 1 fully saturated rings. The first kappa shape index (κ1) is 6.64. The zero-order valence-electron chi connectivity index (χ0n) is 6.40. The van der Waals surface area contributed by atoms with Crippen LogP contribution in [0.2, 0.25) is 0 Å². The fourth-order valence-corrected chi connectivity index (χ4v) is 1.60. The largest absolute Gasteiger partial charge is 0.381 e. The number of aromatic nitrogens is 3. The summed E-state index contributed by atoms with van der Waals surface area (Å²) < 4.78 is 0. The van der Waals surface area contributed by atoms with Gasteiger partial charge in [-0.25, -0.2) is 0 Å². The lowest BCUT2D eigenvalue weighted by Gasteiger charge is -2.05. The number of nitrogens with two attached hydrogens (primary N) is 1. The monoisotopic (exact) mass is 152 g/mol. The van der Waals surface area contributed by atoms with Crippen molar-refractivity contribution in [3.8, 4) is 0 Å². The second-order valence-corrected chi connectivity index (χ2v) is 3.03. The standard InChI is InChI=1S/C7H12N4/c8-7-5-9-11(10-7)6-3-1-2-4-6/h5-6H,1-4H2,(H2,8,10). The summed E-state index contributed by atoms with van der Waals surface area (Å²) in [6.07, 6.45) is 6.61. The Morgan fingerprint density at radius 3 is 2.73 bits per heavy atom. The molecule has 1 aromatic rings. The average molecular weight is 152 g/mol. The van der Waals surface area contributed by atoms with Crippen LogP contribution in [0, 0.1) is 0 Å². The van der Waals surface area contributed by atoms with Crippen LogP contribution in [0.3, 0.4) is 0 Å². The summed E-state index contributed by atoms with van der Waals surface area (Å²) in [4.78, 5) is 1.75. The predicted octanol–water partition coefficient (Wildman–Crippen LogP) is 0.975. The van der Waals surface area contributed by atoms with E-state index in [1.54, 1.807) is 11.0 Å². The van der Waals surface area contributed by atoms with Crippen molar-refractivity contribution < 1.29 is 0 Å². The van der Waals surface area contributed by atoms with Crippen molar-refractivity contribution in [3.63, 3.8) is 0 Å². The first-order chi connectivity index (χ1) is 5.36. The Morgan fingerprint density at radius 1 is 1.45 bits per heavy atom. The van der Waals surface area contributed by atoms with E-state index in [1.165, 1.54) is 25.7 Å². The summed E-state index contributed by atoms with van der Waals surface area (Å²) in [5, 5.41) is 8.15. The van der Waals surface area contributed by atoms with Crippen LogP contribution in [0.5, 0.6) is 0 Å². The van der Waals surface area contributed by atoms with Crippen molar-refractivity contribution in [2.45, 2.75) is 31.7 Å². The maximum atomic E-state index is 5.45. The molecule has 1 aromatic heterocycles. The molecule has 0 amide bonds. The molecular formula is C7H12N4. The molecule has 0 spiro atoms. The van der Waals surface area contributed by atoms with Gasteiger partial charge in [0, 0.05) is 0 Å². The maximum Gasteiger partial charge on any atom is 0.165 e. The minimum Gasteiger partial charge on any atom is -0.381 e. The molecule has 0 radical (unpaired) electrons. The van der Waals surface area contributed by atoms with Crippen LogP contribution in [-0.2, 0) is 0 Å². The number of rotatable bonds is 1. The number of nitrogen functional groups attached to an aromatic ring is 1. The fourth-order valence-electron chi connectivity index (χ4n) is 1.60. The molecule has 0 atom stereocenters. The SMILES string of the molecule is Nc1cnn(C2CCCC2)n1. The van der Waals surface area contributed by atoms with E-state index in [0.717, 1.165) is 0 Å². The van der Waals surface area contributed by atoms with Gasteiger partial charge in [-0.05, 0) is 12.8 Å². The summed E-state index contributed by atoms with van der Waals surface area (Å²) >= 11 is 0. The molecule has 4 heteroatoms. The first-order valence-electron chi connectivity index (χ1n) is 4.03. The highest BCUT2D eigenvalue weighted by molar-refractivity contribution is 5.19. The molecule has 0 unspecified atom stereocenters. The van der Waals surface area contributed by atoms with Gasteiger partial charge in [0.05, 0.1) is 12.2 Å². The van der Waals surface area contributed by atoms with Crippen LogP contribution < -0.4 is 5.73 Å². The van der Waals surface area contributed by atoms with Crippen LogP contribution in [0.4, 0.5) is 5.82 Å². The number of anilines is 1. The molecule has 11 heavy (non-hydrogen) atoms. The van der Waals surface area contributed by atoms with Crippen molar-refractivity contribution in [2.24, 2.45) is 0 Å². The third-order valence-corrected chi connectivity index (χ3v) is 2.18. The van der Waals surface area contributed by atoms with Crippen molar-refractivity contribution >= 4 is 5.82 Å². The summed E-state index contributed by atoms with van der Waals surface area (Å²) in [6, 6.07) is 0.507. The highest BCUT2D eigenvalue weighted by Gasteiger charge is 2.18. The van der Waals surface area contributed by atoms with Gasteiger partial charge in [-0.1, -0.05) is 12.8 Å². The molecule has 2 N–H and O–H groups in total. The summed E-state index contributed by atoms with van der Waals surface area (Å²) in [5.74, 6) is 0.525. The van der Waals surface area contributed by atoms with Crippen molar-refractivity contribution in [3.05, 3.63) is 6.20 Å². The zero-order valence-corrected chi connectivity index (χ0v) is 6.40. The van der Waals surface area contributed by atoms with E-state index in [1.807, 2.05) is 0 Å². The van der Waals surface area contributed by atoms with E-state index >= 15 is 0 Å². The fraction of sp³-hybridized carbons (Fsp3) is 0.714. The van der Waals surface area contributed by atoms with Crippen molar-refractivity contribution in [2.75, 3.05) is 5.73 Å². The van der Waals surface area contributed by atoms with Crippen LogP contribution >= 0.6 is 0 Å². The molecule has 4 nitrogen and oxygen atoms in total. The summed E-state index contributed by atoms with van der Waals surface area (Å²) in [6.45, 7) is 0. The molecule has 0 aliphatic heterocycles. The third-order valence-electron chi connectivity index (χ3n) is 2.18. The van der Waals surface area contributed by atoms with Gasteiger partial charge < -0.3 is 5.73 Å². The lowest BCUT2D eigenvalue weighted by Crippen LogP contribution is -2.08. The Morgan fingerprint density at radius 2 is 2.18 bits per heavy atom. The second kappa shape index (κ2) is 2.53. The van der Waals surface area contributed by atoms with E-state index in [2.05, 4.69) is 10.2 Å². The van der Waals surface area contributed by atoms with Crippen molar-refractivity contribution in [1.82, 2.24) is 15.0 Å². The third kappa shape index (κ3) is 1.20. The molecule has 0 saturated heterocycles. The minimum atomic E-state index is 0.507. The zero-order chi connectivity index (χ0) is 7.68. The van der Waals surface area contributed by atoms with Gasteiger partial charge in [0.25, 0.3) is 0 Å². The predicted molar refractivity (Wildman–Crippen MR) is 41.9 cm³/mol. The van der Waals surface area contributed by atoms with E-state index in [-0.39, 0.29) is 0 Å². The Kier molecular flexibility index (Phi) is 1.52. The normalized spacial score (nSPS) is 19.3. The highest BCUT2D eigenvalue weighted by Crippen LogP contribution is 2.27. The molecule has 1 saturated carbocycles. The van der Waals surface area contributed by atoms with E-state index in [0.29, 0.717) is 11.9 Å². The van der Waals surface area contributed by atoms with E-state index < -0.39 is 0 Å². The van der Waals surface area contributed by atoms with Crippen LogP contribution in [0.15, 0.2) is 6.20 Å². The van der Waals surface area contributed by atoms with Gasteiger partial charge in [0.2, 0.25) is 0 Å². The van der Waals surface area contributed by atoms with Gasteiger partial charge in [0.15, 0.2) is 5.82 Å². The Balaban J connectivity index is 2.15. The quantitative estimate of drug-likeness (QED) is 0.652. The van der Waals surface area contributed by atoms with Gasteiger partial charge in [-0.2, -0.15) is 9.90 Å². The van der Waals surface area contributed by atoms with Gasteiger partial charge in [0.1, 0.15) is 0 Å².